The summed E-state index contributed by atoms with van der Waals surface area (Å²) < 4.78 is 10.9. The smallest absolute Gasteiger partial charge is 0.171 e. The van der Waals surface area contributed by atoms with E-state index >= 15 is 0 Å². The summed E-state index contributed by atoms with van der Waals surface area (Å²) in [5.74, 6) is 1.09. The maximum absolute atomic E-state index is 12.1. The van der Waals surface area contributed by atoms with Gasteiger partial charge in [-0.1, -0.05) is 6.08 Å². The summed E-state index contributed by atoms with van der Waals surface area (Å²) in [7, 11) is 5.15. The number of rotatable bonds is 4. The first-order chi connectivity index (χ1) is 11.4. The molecule has 1 saturated heterocycles. The number of nitrogens with zero attached hydrogens (tertiary/aromatic N) is 1. The molecule has 5 heteroatoms. The SMILES string of the molecule is COc1cc(C23C=CC(=O)CC2N(C)CC3)cc(C(C)=O)c1OC. The van der Waals surface area contributed by atoms with Crippen LogP contribution in [0.1, 0.15) is 35.7 Å². The number of hydrogen-bond acceptors (Lipinski definition) is 5. The number of fused-ring (bicyclic) bond motifs is 1. The zero-order chi connectivity index (χ0) is 17.5. The fourth-order valence-electron chi connectivity index (χ4n) is 4.04. The van der Waals surface area contributed by atoms with Crippen molar-refractivity contribution in [1.29, 1.82) is 0 Å². The molecule has 128 valence electrons. The number of hydrogen-bond donors (Lipinski definition) is 0. The molecule has 0 N–H and O–H groups in total. The lowest BCUT2D eigenvalue weighted by Crippen LogP contribution is -2.43. The lowest BCUT2D eigenvalue weighted by Gasteiger charge is -2.38. The molecule has 2 unspecified atom stereocenters. The van der Waals surface area contributed by atoms with E-state index in [0.717, 1.165) is 18.5 Å². The summed E-state index contributed by atoms with van der Waals surface area (Å²) in [5.41, 5.74) is 1.25. The normalized spacial score (nSPS) is 26.3. The molecule has 1 aromatic carbocycles. The molecule has 0 saturated carbocycles. The summed E-state index contributed by atoms with van der Waals surface area (Å²) >= 11 is 0. The Bertz CT molecular complexity index is 724. The Morgan fingerprint density at radius 3 is 2.67 bits per heavy atom. The maximum Gasteiger partial charge on any atom is 0.171 e. The fourth-order valence-corrected chi connectivity index (χ4v) is 4.04. The van der Waals surface area contributed by atoms with Crippen molar-refractivity contribution >= 4 is 11.6 Å². The number of ketones is 2. The monoisotopic (exact) mass is 329 g/mol. The highest BCUT2D eigenvalue weighted by Gasteiger charge is 2.48. The molecule has 0 spiro atoms. The number of benzene rings is 1. The molecule has 0 amide bonds. The van der Waals surface area contributed by atoms with Crippen molar-refractivity contribution in [3.63, 3.8) is 0 Å². The Morgan fingerprint density at radius 2 is 2.04 bits per heavy atom. The van der Waals surface area contributed by atoms with Gasteiger partial charge >= 0.3 is 0 Å². The average Bonchev–Trinajstić information content (AvgIpc) is 2.91. The van der Waals surface area contributed by atoms with Crippen molar-refractivity contribution in [2.45, 2.75) is 31.2 Å². The number of carbonyl (C=O) groups is 2. The molecule has 1 fully saturated rings. The molecule has 3 rings (SSSR count). The van der Waals surface area contributed by atoms with Gasteiger partial charge in [-0.3, -0.25) is 9.59 Å². The second-order valence-electron chi connectivity index (χ2n) is 6.61. The van der Waals surface area contributed by atoms with Gasteiger partial charge in [0.15, 0.2) is 23.1 Å². The average molecular weight is 329 g/mol. The minimum absolute atomic E-state index is 0.0674. The van der Waals surface area contributed by atoms with Crippen LogP contribution in [-0.2, 0) is 10.2 Å². The van der Waals surface area contributed by atoms with E-state index in [9.17, 15) is 9.59 Å². The van der Waals surface area contributed by atoms with Gasteiger partial charge in [0.1, 0.15) is 0 Å². The van der Waals surface area contributed by atoms with Gasteiger partial charge < -0.3 is 14.4 Å². The van der Waals surface area contributed by atoms with Crippen LogP contribution < -0.4 is 9.47 Å². The summed E-state index contributed by atoms with van der Waals surface area (Å²) in [6, 6.07) is 3.95. The van der Waals surface area contributed by atoms with Gasteiger partial charge in [-0.15, -0.1) is 0 Å². The van der Waals surface area contributed by atoms with Crippen LogP contribution in [-0.4, -0.2) is 50.3 Å². The largest absolute Gasteiger partial charge is 0.493 e. The minimum atomic E-state index is -0.271. The van der Waals surface area contributed by atoms with Crippen molar-refractivity contribution in [2.24, 2.45) is 0 Å². The zero-order valence-corrected chi connectivity index (χ0v) is 14.6. The van der Waals surface area contributed by atoms with Crippen molar-refractivity contribution < 1.29 is 19.1 Å². The van der Waals surface area contributed by atoms with Crippen LogP contribution in [0.3, 0.4) is 0 Å². The third-order valence-corrected chi connectivity index (χ3v) is 5.36. The predicted octanol–water partition coefficient (Wildman–Crippen LogP) is 2.38. The van der Waals surface area contributed by atoms with Crippen LogP contribution in [0.25, 0.3) is 0 Å². The van der Waals surface area contributed by atoms with E-state index < -0.39 is 0 Å². The molecular weight excluding hydrogens is 306 g/mol. The van der Waals surface area contributed by atoms with E-state index in [-0.39, 0.29) is 23.0 Å². The fraction of sp³-hybridized carbons (Fsp3) is 0.474. The molecule has 0 aromatic heterocycles. The Hall–Kier alpha value is -2.14. The molecule has 2 aliphatic rings. The van der Waals surface area contributed by atoms with Gasteiger partial charge in [0.25, 0.3) is 0 Å². The number of carbonyl (C=O) groups excluding carboxylic acids is 2. The van der Waals surface area contributed by atoms with E-state index in [0.29, 0.717) is 23.5 Å². The van der Waals surface area contributed by atoms with Crippen molar-refractivity contribution in [2.75, 3.05) is 27.8 Å². The topological polar surface area (TPSA) is 55.8 Å². The van der Waals surface area contributed by atoms with Gasteiger partial charge in [-0.25, -0.2) is 0 Å². The molecule has 1 aromatic rings. The Balaban J connectivity index is 2.21. The number of likely N-dealkylation sites (N-methyl/N-ethyl adjacent to an activating group) is 1. The van der Waals surface area contributed by atoms with Crippen molar-refractivity contribution in [3.05, 3.63) is 35.4 Å². The van der Waals surface area contributed by atoms with Crippen LogP contribution in [0.2, 0.25) is 0 Å². The highest BCUT2D eigenvalue weighted by molar-refractivity contribution is 5.98. The Kier molecular flexibility index (Phi) is 4.22. The lowest BCUT2D eigenvalue weighted by atomic mass is 9.69. The molecule has 1 aliphatic heterocycles. The summed E-state index contributed by atoms with van der Waals surface area (Å²) in [4.78, 5) is 26.3. The second kappa shape index (κ2) is 6.06. The van der Waals surface area contributed by atoms with Crippen LogP contribution >= 0.6 is 0 Å². The summed E-state index contributed by atoms with van der Waals surface area (Å²) in [5, 5.41) is 0. The molecule has 0 radical (unpaired) electrons. The van der Waals surface area contributed by atoms with E-state index in [1.165, 1.54) is 14.0 Å². The van der Waals surface area contributed by atoms with E-state index in [4.69, 9.17) is 9.47 Å². The maximum atomic E-state index is 12.1. The predicted molar refractivity (Wildman–Crippen MR) is 91.0 cm³/mol. The van der Waals surface area contributed by atoms with Gasteiger partial charge in [0.05, 0.1) is 19.8 Å². The second-order valence-corrected chi connectivity index (χ2v) is 6.61. The Morgan fingerprint density at radius 1 is 1.29 bits per heavy atom. The number of allylic oxidation sites excluding steroid dienone is 1. The van der Waals surface area contributed by atoms with Gasteiger partial charge in [-0.2, -0.15) is 0 Å². The molecule has 1 aliphatic carbocycles. The quantitative estimate of drug-likeness (QED) is 0.794. The van der Waals surface area contributed by atoms with Gasteiger partial charge in [-0.05, 0) is 50.7 Å². The number of Topliss-reactive ketones (excluding diaryl/α,β-unsaturated/α-hetero) is 1. The molecule has 1 heterocycles. The minimum Gasteiger partial charge on any atom is -0.493 e. The zero-order valence-electron chi connectivity index (χ0n) is 14.6. The third-order valence-electron chi connectivity index (χ3n) is 5.36. The van der Waals surface area contributed by atoms with E-state index in [1.807, 2.05) is 25.3 Å². The summed E-state index contributed by atoms with van der Waals surface area (Å²) in [6.07, 6.45) is 5.10. The molecular formula is C19H23NO4. The van der Waals surface area contributed by atoms with Crippen LogP contribution in [0.5, 0.6) is 11.5 Å². The standard InChI is InChI=1S/C19H23NO4/c1-12(21)15-9-13(10-16(23-3)18(15)24-4)19-6-5-14(22)11-17(19)20(2)8-7-19/h5-6,9-10,17H,7-8,11H2,1-4H3. The van der Waals surface area contributed by atoms with Crippen LogP contribution in [0.4, 0.5) is 0 Å². The van der Waals surface area contributed by atoms with E-state index in [2.05, 4.69) is 4.90 Å². The first-order valence-electron chi connectivity index (χ1n) is 8.12. The number of ether oxygens (including phenoxy) is 2. The molecule has 24 heavy (non-hydrogen) atoms. The summed E-state index contributed by atoms with van der Waals surface area (Å²) in [6.45, 7) is 2.43. The highest BCUT2D eigenvalue weighted by Crippen LogP contribution is 2.47. The van der Waals surface area contributed by atoms with Crippen molar-refractivity contribution in [3.8, 4) is 11.5 Å². The van der Waals surface area contributed by atoms with Gasteiger partial charge in [0.2, 0.25) is 0 Å². The number of likely N-dealkylation sites (tertiary alicyclic amines) is 1. The van der Waals surface area contributed by atoms with E-state index in [1.54, 1.807) is 13.2 Å². The molecule has 0 bridgehead atoms. The first-order valence-corrected chi connectivity index (χ1v) is 8.12. The number of methoxy groups -OCH3 is 2. The third kappa shape index (κ3) is 2.44. The lowest BCUT2D eigenvalue weighted by molar-refractivity contribution is -0.116. The highest BCUT2D eigenvalue weighted by atomic mass is 16.5. The van der Waals surface area contributed by atoms with Crippen LogP contribution in [0, 0.1) is 0 Å². The van der Waals surface area contributed by atoms with Crippen molar-refractivity contribution in [1.82, 2.24) is 4.90 Å². The molecule has 2 atom stereocenters. The molecule has 5 nitrogen and oxygen atoms in total. The van der Waals surface area contributed by atoms with Crippen LogP contribution in [0.15, 0.2) is 24.3 Å². The first kappa shape index (κ1) is 16.7. The Labute approximate surface area is 142 Å². The van der Waals surface area contributed by atoms with Gasteiger partial charge in [0, 0.05) is 17.9 Å².